The van der Waals surface area contributed by atoms with Crippen LogP contribution in [0.2, 0.25) is 0 Å². The zero-order valence-electron chi connectivity index (χ0n) is 18.6. The second kappa shape index (κ2) is 6.78. The largest absolute Gasteiger partial charge is 0.455 e. The summed E-state index contributed by atoms with van der Waals surface area (Å²) in [4.78, 5) is 15.3. The standard InChI is InChI=1S/C25H35NO4/c1-16-10-11-20-18(14-26(4)15-23(2,28)17-8-6-5-7-9-17)21(27)29-25(20)19(16)12-13-24(3)22(25)30-24/h5-9,16,18-20,22,28H,10-15H2,1-4H3/t16-,18?,19+,20+,22-,23?,24-,25-/m1/s1. The van der Waals surface area contributed by atoms with Gasteiger partial charge in [-0.15, -0.1) is 0 Å². The molecule has 0 radical (unpaired) electrons. The van der Waals surface area contributed by atoms with Crippen LogP contribution in [0.5, 0.6) is 0 Å². The first-order valence-corrected chi connectivity index (χ1v) is 11.5. The van der Waals surface area contributed by atoms with Gasteiger partial charge in [0, 0.05) is 24.9 Å². The summed E-state index contributed by atoms with van der Waals surface area (Å²) < 4.78 is 12.5. The molecule has 2 aliphatic carbocycles. The van der Waals surface area contributed by atoms with Gasteiger partial charge in [-0.1, -0.05) is 37.3 Å². The van der Waals surface area contributed by atoms with E-state index >= 15 is 0 Å². The molecule has 30 heavy (non-hydrogen) atoms. The van der Waals surface area contributed by atoms with Gasteiger partial charge in [-0.2, -0.15) is 0 Å². The van der Waals surface area contributed by atoms with Crippen molar-refractivity contribution in [2.45, 2.75) is 69.4 Å². The number of rotatable bonds is 5. The summed E-state index contributed by atoms with van der Waals surface area (Å²) in [6.07, 6.45) is 4.39. The number of hydrogen-bond acceptors (Lipinski definition) is 5. The lowest BCUT2D eigenvalue weighted by molar-refractivity contribution is -0.168. The van der Waals surface area contributed by atoms with Crippen molar-refractivity contribution in [1.82, 2.24) is 4.90 Å². The Balaban J connectivity index is 1.35. The number of epoxide rings is 1. The molecule has 0 bridgehead atoms. The first-order valence-electron chi connectivity index (χ1n) is 11.5. The molecular weight excluding hydrogens is 378 g/mol. The van der Waals surface area contributed by atoms with Crippen molar-refractivity contribution < 1.29 is 19.4 Å². The van der Waals surface area contributed by atoms with Crippen molar-refractivity contribution in [3.05, 3.63) is 35.9 Å². The summed E-state index contributed by atoms with van der Waals surface area (Å²) in [6.45, 7) is 7.42. The van der Waals surface area contributed by atoms with Crippen LogP contribution < -0.4 is 0 Å². The molecule has 1 aromatic carbocycles. The molecule has 1 N–H and O–H groups in total. The molecule has 2 heterocycles. The predicted molar refractivity (Wildman–Crippen MR) is 114 cm³/mol. The van der Waals surface area contributed by atoms with Crippen LogP contribution in [-0.4, -0.2) is 53.4 Å². The number of esters is 1. The Morgan fingerprint density at radius 2 is 1.93 bits per heavy atom. The fourth-order valence-corrected chi connectivity index (χ4v) is 7.08. The van der Waals surface area contributed by atoms with E-state index in [-0.39, 0.29) is 29.5 Å². The SMILES string of the molecule is C[C@@H]1CC[C@H]2C(CN(C)CC(C)(O)c3ccccc3)C(=O)O[C@]23[C@H]1CC[C@@]1(C)O[C@@H]31. The second-order valence-electron chi connectivity index (χ2n) is 10.8. The monoisotopic (exact) mass is 413 g/mol. The van der Waals surface area contributed by atoms with Gasteiger partial charge in [-0.05, 0) is 58.1 Å². The van der Waals surface area contributed by atoms with Crippen molar-refractivity contribution in [3.8, 4) is 0 Å². The Bertz CT molecular complexity index is 826. The van der Waals surface area contributed by atoms with E-state index in [0.29, 0.717) is 24.9 Å². The van der Waals surface area contributed by atoms with E-state index in [1.165, 1.54) is 0 Å². The average Bonchev–Trinajstić information content (AvgIpc) is 3.32. The number of aliphatic hydroxyl groups is 1. The Hall–Kier alpha value is -1.43. The van der Waals surface area contributed by atoms with E-state index in [4.69, 9.17) is 9.47 Å². The number of carbonyl (C=O) groups excluding carboxylic acids is 1. The maximum absolute atomic E-state index is 13.2. The quantitative estimate of drug-likeness (QED) is 0.593. The number of hydrogen-bond donors (Lipinski definition) is 1. The molecule has 164 valence electrons. The molecule has 2 aliphatic heterocycles. The van der Waals surface area contributed by atoms with Crippen molar-refractivity contribution in [2.75, 3.05) is 20.1 Å². The molecule has 2 unspecified atom stereocenters. The molecule has 4 fully saturated rings. The molecule has 4 aliphatic rings. The molecular formula is C25H35NO4. The molecule has 8 atom stereocenters. The number of nitrogens with zero attached hydrogens (tertiary/aromatic N) is 1. The molecule has 0 aromatic heterocycles. The molecule has 0 amide bonds. The summed E-state index contributed by atoms with van der Waals surface area (Å²) >= 11 is 0. The van der Waals surface area contributed by atoms with E-state index in [1.807, 2.05) is 44.3 Å². The van der Waals surface area contributed by atoms with Crippen LogP contribution >= 0.6 is 0 Å². The highest BCUT2D eigenvalue weighted by atomic mass is 16.7. The molecule has 2 saturated carbocycles. The van der Waals surface area contributed by atoms with Crippen LogP contribution in [0.4, 0.5) is 0 Å². The van der Waals surface area contributed by atoms with Gasteiger partial charge in [0.15, 0.2) is 0 Å². The average molecular weight is 414 g/mol. The third-order valence-electron chi connectivity index (χ3n) is 8.57. The smallest absolute Gasteiger partial charge is 0.311 e. The fourth-order valence-electron chi connectivity index (χ4n) is 7.08. The highest BCUT2D eigenvalue weighted by Gasteiger charge is 2.77. The maximum atomic E-state index is 13.2. The van der Waals surface area contributed by atoms with E-state index in [9.17, 15) is 9.90 Å². The van der Waals surface area contributed by atoms with E-state index in [0.717, 1.165) is 31.2 Å². The van der Waals surface area contributed by atoms with Crippen molar-refractivity contribution >= 4 is 5.97 Å². The van der Waals surface area contributed by atoms with Gasteiger partial charge >= 0.3 is 5.97 Å². The summed E-state index contributed by atoms with van der Waals surface area (Å²) in [6, 6.07) is 9.75. The first kappa shape index (κ1) is 20.5. The third kappa shape index (κ3) is 2.96. The normalized spacial score (nSPS) is 43.9. The van der Waals surface area contributed by atoms with Crippen LogP contribution in [0.15, 0.2) is 30.3 Å². The Labute approximate surface area is 179 Å². The van der Waals surface area contributed by atoms with Crippen LogP contribution in [0.3, 0.4) is 0 Å². The number of likely N-dealkylation sites (N-methyl/N-ethyl adjacent to an activating group) is 1. The van der Waals surface area contributed by atoms with Gasteiger partial charge < -0.3 is 19.5 Å². The molecule has 5 heteroatoms. The molecule has 2 saturated heterocycles. The molecule has 1 aromatic rings. The van der Waals surface area contributed by atoms with Gasteiger partial charge in [0.1, 0.15) is 11.7 Å². The van der Waals surface area contributed by atoms with Gasteiger partial charge in [0.05, 0.1) is 17.1 Å². The van der Waals surface area contributed by atoms with Crippen molar-refractivity contribution in [3.63, 3.8) is 0 Å². The Morgan fingerprint density at radius 1 is 1.20 bits per heavy atom. The third-order valence-corrected chi connectivity index (χ3v) is 8.57. The summed E-state index contributed by atoms with van der Waals surface area (Å²) in [5, 5.41) is 11.1. The van der Waals surface area contributed by atoms with Gasteiger partial charge in [0.25, 0.3) is 0 Å². The Kier molecular flexibility index (Phi) is 4.63. The Morgan fingerprint density at radius 3 is 2.67 bits per heavy atom. The van der Waals surface area contributed by atoms with Gasteiger partial charge in [0.2, 0.25) is 0 Å². The zero-order chi connectivity index (χ0) is 21.3. The number of ether oxygens (including phenoxy) is 2. The number of fused-ring (bicyclic) bond motifs is 1. The summed E-state index contributed by atoms with van der Waals surface area (Å²) in [7, 11) is 2.00. The molecule has 1 spiro atoms. The summed E-state index contributed by atoms with van der Waals surface area (Å²) in [5.74, 6) is 0.970. The van der Waals surface area contributed by atoms with Crippen LogP contribution in [0.1, 0.15) is 52.0 Å². The fraction of sp³-hybridized carbons (Fsp3) is 0.720. The lowest BCUT2D eigenvalue weighted by Gasteiger charge is -2.50. The number of benzene rings is 1. The summed E-state index contributed by atoms with van der Waals surface area (Å²) in [5.41, 5.74) is -0.620. The van der Waals surface area contributed by atoms with Crippen LogP contribution in [0.25, 0.3) is 0 Å². The molecule has 5 nitrogen and oxygen atoms in total. The minimum absolute atomic E-state index is 0.0585. The van der Waals surface area contributed by atoms with E-state index in [1.54, 1.807) is 0 Å². The highest BCUT2D eigenvalue weighted by Crippen LogP contribution is 2.66. The first-order chi connectivity index (χ1) is 14.2. The topological polar surface area (TPSA) is 62.3 Å². The van der Waals surface area contributed by atoms with Crippen molar-refractivity contribution in [2.24, 2.45) is 23.7 Å². The second-order valence-corrected chi connectivity index (χ2v) is 10.8. The zero-order valence-corrected chi connectivity index (χ0v) is 18.6. The maximum Gasteiger partial charge on any atom is 0.311 e. The molecule has 5 rings (SSSR count). The van der Waals surface area contributed by atoms with Crippen LogP contribution in [-0.2, 0) is 19.9 Å². The van der Waals surface area contributed by atoms with E-state index < -0.39 is 11.2 Å². The van der Waals surface area contributed by atoms with Crippen LogP contribution in [0, 0.1) is 23.7 Å². The highest BCUT2D eigenvalue weighted by molar-refractivity contribution is 5.77. The predicted octanol–water partition coefficient (Wildman–Crippen LogP) is 3.35. The number of carbonyl (C=O) groups is 1. The van der Waals surface area contributed by atoms with Gasteiger partial charge in [-0.3, -0.25) is 4.79 Å². The van der Waals surface area contributed by atoms with Gasteiger partial charge in [-0.25, -0.2) is 0 Å². The van der Waals surface area contributed by atoms with E-state index in [2.05, 4.69) is 18.7 Å². The lowest BCUT2D eigenvalue weighted by Crippen LogP contribution is -2.58. The minimum atomic E-state index is -0.969. The van der Waals surface area contributed by atoms with Crippen molar-refractivity contribution in [1.29, 1.82) is 0 Å². The lowest BCUT2D eigenvalue weighted by atomic mass is 9.55. The minimum Gasteiger partial charge on any atom is -0.455 e.